The van der Waals surface area contributed by atoms with Crippen molar-refractivity contribution in [2.45, 2.75) is 18.0 Å². The third-order valence-corrected chi connectivity index (χ3v) is 7.10. The first-order valence-electron chi connectivity index (χ1n) is 10.3. The van der Waals surface area contributed by atoms with Gasteiger partial charge < -0.3 is 0 Å². The second kappa shape index (κ2) is 11.0. The average Bonchev–Trinajstić information content (AvgIpc) is 2.86. The lowest BCUT2D eigenvalue weighted by molar-refractivity contribution is -0.384. The number of benzene rings is 3. The topological polar surface area (TPSA) is 122 Å². The summed E-state index contributed by atoms with van der Waals surface area (Å²) in [6.07, 6.45) is -4.88. The molecule has 14 heteroatoms. The molecular weight excluding hydrogens is 537 g/mol. The third-order valence-electron chi connectivity index (χ3n) is 4.98. The maximum Gasteiger partial charge on any atom is 0.417 e. The van der Waals surface area contributed by atoms with Gasteiger partial charge in [-0.25, -0.2) is 13.8 Å². The van der Waals surface area contributed by atoms with E-state index in [1.165, 1.54) is 55.5 Å². The Morgan fingerprint density at radius 2 is 1.76 bits per heavy atom. The molecule has 0 saturated carbocycles. The first kappa shape index (κ1) is 27.6. The molecule has 0 aromatic heterocycles. The maximum absolute atomic E-state index is 13.4. The van der Waals surface area contributed by atoms with Crippen LogP contribution in [0.2, 0.25) is 5.02 Å². The number of amides is 1. The van der Waals surface area contributed by atoms with Crippen LogP contribution in [0.5, 0.6) is 0 Å². The van der Waals surface area contributed by atoms with Gasteiger partial charge >= 0.3 is 6.18 Å². The van der Waals surface area contributed by atoms with Gasteiger partial charge in [-0.3, -0.25) is 19.2 Å². The lowest BCUT2D eigenvalue weighted by Crippen LogP contribution is -2.40. The third kappa shape index (κ3) is 6.62. The van der Waals surface area contributed by atoms with Crippen molar-refractivity contribution in [3.05, 3.63) is 99.1 Å². The molecule has 1 amide bonds. The number of sulfonamides is 1. The first-order chi connectivity index (χ1) is 17.3. The van der Waals surface area contributed by atoms with Crippen LogP contribution < -0.4 is 9.73 Å². The second-order valence-corrected chi connectivity index (χ2v) is 9.80. The number of hydrazone groups is 1. The van der Waals surface area contributed by atoms with Crippen molar-refractivity contribution in [3.63, 3.8) is 0 Å². The molecule has 3 rings (SSSR count). The van der Waals surface area contributed by atoms with Crippen LogP contribution in [0.4, 0.5) is 24.5 Å². The van der Waals surface area contributed by atoms with Crippen molar-refractivity contribution in [2.24, 2.45) is 5.10 Å². The van der Waals surface area contributed by atoms with Crippen LogP contribution in [0, 0.1) is 10.1 Å². The monoisotopic (exact) mass is 554 g/mol. The zero-order valence-electron chi connectivity index (χ0n) is 18.9. The van der Waals surface area contributed by atoms with Crippen molar-refractivity contribution < 1.29 is 31.3 Å². The SMILES string of the molecule is C/C(=N/NC(=O)CN(c1ccc(Cl)c(C(F)(F)F)c1)S(=O)(=O)c1ccccc1)c1cccc([N+](=O)[O-])c1. The normalized spacial score (nSPS) is 12.2. The smallest absolute Gasteiger partial charge is 0.271 e. The highest BCUT2D eigenvalue weighted by Gasteiger charge is 2.35. The highest BCUT2D eigenvalue weighted by atomic mass is 35.5. The lowest BCUT2D eigenvalue weighted by atomic mass is 10.1. The number of alkyl halides is 3. The van der Waals surface area contributed by atoms with Crippen LogP contribution >= 0.6 is 11.6 Å². The number of carbonyl (C=O) groups is 1. The zero-order valence-corrected chi connectivity index (χ0v) is 20.5. The summed E-state index contributed by atoms with van der Waals surface area (Å²) in [5, 5.41) is 14.2. The van der Waals surface area contributed by atoms with Crippen LogP contribution in [0.3, 0.4) is 0 Å². The number of rotatable bonds is 8. The van der Waals surface area contributed by atoms with Crippen molar-refractivity contribution in [3.8, 4) is 0 Å². The minimum Gasteiger partial charge on any atom is -0.271 e. The molecule has 0 aliphatic rings. The van der Waals surface area contributed by atoms with Gasteiger partial charge in [0.2, 0.25) is 0 Å². The van der Waals surface area contributed by atoms with Crippen molar-refractivity contribution in [2.75, 3.05) is 10.8 Å². The summed E-state index contributed by atoms with van der Waals surface area (Å²) in [5.74, 6) is -0.979. The Morgan fingerprint density at radius 3 is 2.38 bits per heavy atom. The Balaban J connectivity index is 1.95. The number of hydrogen-bond acceptors (Lipinski definition) is 6. The van der Waals surface area contributed by atoms with Crippen LogP contribution in [0.1, 0.15) is 18.1 Å². The molecule has 194 valence electrons. The Kier molecular flexibility index (Phi) is 8.18. The zero-order chi connectivity index (χ0) is 27.4. The Hall–Kier alpha value is -3.97. The highest BCUT2D eigenvalue weighted by molar-refractivity contribution is 7.92. The van der Waals surface area contributed by atoms with E-state index in [4.69, 9.17) is 11.6 Å². The molecule has 0 radical (unpaired) electrons. The van der Waals surface area contributed by atoms with Crippen LogP contribution in [-0.2, 0) is 21.0 Å². The number of nitro benzene ring substituents is 1. The highest BCUT2D eigenvalue weighted by Crippen LogP contribution is 2.38. The number of nitro groups is 1. The molecule has 0 bridgehead atoms. The minimum absolute atomic E-state index is 0.167. The number of nitrogens with zero attached hydrogens (tertiary/aromatic N) is 3. The van der Waals surface area contributed by atoms with Gasteiger partial charge in [0.05, 0.1) is 31.8 Å². The van der Waals surface area contributed by atoms with Gasteiger partial charge in [0.25, 0.3) is 21.6 Å². The largest absolute Gasteiger partial charge is 0.417 e. The summed E-state index contributed by atoms with van der Waals surface area (Å²) in [4.78, 5) is 22.8. The molecule has 3 aromatic rings. The number of nitrogens with one attached hydrogen (secondary N) is 1. The van der Waals surface area contributed by atoms with Crippen molar-refractivity contribution >= 4 is 44.6 Å². The number of carbonyl (C=O) groups excluding carboxylic acids is 1. The molecule has 0 fully saturated rings. The van der Waals surface area contributed by atoms with Gasteiger partial charge in [-0.2, -0.15) is 18.3 Å². The standard InChI is InChI=1S/C23H18ClF3N4O5S/c1-15(16-6-5-7-18(12-16)31(33)34)28-29-22(32)14-30(37(35,36)19-8-3-2-4-9-19)17-10-11-21(24)20(13-17)23(25,26)27/h2-13H,14H2,1H3,(H,29,32)/b28-15-. The molecule has 0 atom stereocenters. The molecule has 0 heterocycles. The molecule has 0 saturated heterocycles. The Morgan fingerprint density at radius 1 is 1.08 bits per heavy atom. The lowest BCUT2D eigenvalue weighted by Gasteiger charge is -2.25. The summed E-state index contributed by atoms with van der Waals surface area (Å²) in [7, 11) is -4.49. The molecule has 0 aliphatic carbocycles. The van der Waals surface area contributed by atoms with Gasteiger partial charge in [-0.05, 0) is 37.3 Å². The van der Waals surface area contributed by atoms with E-state index in [-0.39, 0.29) is 16.3 Å². The predicted molar refractivity (Wildman–Crippen MR) is 131 cm³/mol. The van der Waals surface area contributed by atoms with Crippen LogP contribution in [0.15, 0.2) is 82.8 Å². The van der Waals surface area contributed by atoms with Gasteiger partial charge in [0.1, 0.15) is 6.54 Å². The number of halogens is 4. The van der Waals surface area contributed by atoms with E-state index in [9.17, 15) is 36.5 Å². The maximum atomic E-state index is 13.4. The van der Waals surface area contributed by atoms with E-state index in [0.29, 0.717) is 15.9 Å². The Labute approximate surface area is 214 Å². The van der Waals surface area contributed by atoms with Gasteiger partial charge in [0, 0.05) is 17.7 Å². The average molecular weight is 555 g/mol. The van der Waals surface area contributed by atoms with E-state index < -0.39 is 49.8 Å². The summed E-state index contributed by atoms with van der Waals surface area (Å²) in [6.45, 7) is 0.522. The summed E-state index contributed by atoms with van der Waals surface area (Å²) in [6, 6.07) is 14.7. The second-order valence-electron chi connectivity index (χ2n) is 7.53. The fourth-order valence-corrected chi connectivity index (χ4v) is 4.80. The molecule has 3 aromatic carbocycles. The molecule has 0 unspecified atom stereocenters. The number of anilines is 1. The van der Waals surface area contributed by atoms with Gasteiger partial charge in [-0.15, -0.1) is 0 Å². The summed E-state index contributed by atoms with van der Waals surface area (Å²) < 4.78 is 67.4. The fourth-order valence-electron chi connectivity index (χ4n) is 3.14. The molecular formula is C23H18ClF3N4O5S. The van der Waals surface area contributed by atoms with E-state index in [1.807, 2.05) is 0 Å². The van der Waals surface area contributed by atoms with Crippen LogP contribution in [-0.4, -0.2) is 31.5 Å². The van der Waals surface area contributed by atoms with E-state index in [2.05, 4.69) is 10.5 Å². The number of hydrogen-bond donors (Lipinski definition) is 1. The van der Waals surface area contributed by atoms with Gasteiger partial charge in [0.15, 0.2) is 0 Å². The summed E-state index contributed by atoms with van der Waals surface area (Å²) >= 11 is 5.67. The van der Waals surface area contributed by atoms with Crippen LogP contribution in [0.25, 0.3) is 0 Å². The minimum atomic E-state index is -4.88. The summed E-state index contributed by atoms with van der Waals surface area (Å²) in [5.41, 5.74) is 0.683. The molecule has 0 aliphatic heterocycles. The predicted octanol–water partition coefficient (Wildman–Crippen LogP) is 5.00. The molecule has 9 nitrogen and oxygen atoms in total. The fraction of sp³-hybridized carbons (Fsp3) is 0.130. The van der Waals surface area contributed by atoms with Crippen molar-refractivity contribution in [1.82, 2.24) is 5.43 Å². The van der Waals surface area contributed by atoms with E-state index in [0.717, 1.165) is 12.1 Å². The van der Waals surface area contributed by atoms with E-state index in [1.54, 1.807) is 6.07 Å². The van der Waals surface area contributed by atoms with Gasteiger partial charge in [-0.1, -0.05) is 41.9 Å². The van der Waals surface area contributed by atoms with E-state index >= 15 is 0 Å². The van der Waals surface area contributed by atoms with Crippen molar-refractivity contribution in [1.29, 1.82) is 0 Å². The Bertz CT molecular complexity index is 1460. The first-order valence-corrected chi connectivity index (χ1v) is 12.1. The quantitative estimate of drug-likeness (QED) is 0.238. The molecule has 37 heavy (non-hydrogen) atoms. The molecule has 0 spiro atoms. The molecule has 1 N–H and O–H groups in total. The number of non-ortho nitro benzene ring substituents is 1.